The third-order valence-electron chi connectivity index (χ3n) is 2.90. The lowest BCUT2D eigenvalue weighted by Crippen LogP contribution is -2.26. The van der Waals surface area contributed by atoms with Gasteiger partial charge in [0.25, 0.3) is 5.91 Å². The Morgan fingerprint density at radius 3 is 2.56 bits per heavy atom. The molecule has 1 atom stereocenters. The molecule has 18 heavy (non-hydrogen) atoms. The molecule has 1 rings (SSSR count). The molecule has 4 heteroatoms. The highest BCUT2D eigenvalue weighted by molar-refractivity contribution is 5.94. The fourth-order valence-corrected chi connectivity index (χ4v) is 1.45. The fraction of sp³-hybridized carbons (Fsp3) is 0.500. The monoisotopic (exact) mass is 250 g/mol. The number of carbonyl (C=O) groups is 1. The van der Waals surface area contributed by atoms with E-state index in [0.29, 0.717) is 11.5 Å². The van der Waals surface area contributed by atoms with Gasteiger partial charge in [0.15, 0.2) is 0 Å². The predicted molar refractivity (Wildman–Crippen MR) is 73.8 cm³/mol. The molecule has 0 saturated carbocycles. The van der Waals surface area contributed by atoms with Crippen molar-refractivity contribution in [2.24, 2.45) is 5.92 Å². The summed E-state index contributed by atoms with van der Waals surface area (Å²) >= 11 is 0. The first-order valence-electron chi connectivity index (χ1n) is 6.40. The second kappa shape index (κ2) is 7.71. The Morgan fingerprint density at radius 2 is 2.00 bits per heavy atom. The van der Waals surface area contributed by atoms with Gasteiger partial charge in [-0.15, -0.1) is 0 Å². The minimum atomic E-state index is -0.155. The number of hydrogen-bond donors (Lipinski definition) is 3. The van der Waals surface area contributed by atoms with Crippen molar-refractivity contribution in [2.45, 2.75) is 20.3 Å². The molecule has 0 aromatic heterocycles. The maximum Gasteiger partial charge on any atom is 0.251 e. The quantitative estimate of drug-likeness (QED) is 0.692. The minimum absolute atomic E-state index is 0.0414. The van der Waals surface area contributed by atoms with E-state index in [1.165, 1.54) is 0 Å². The summed E-state index contributed by atoms with van der Waals surface area (Å²) in [4.78, 5) is 11.6. The molecule has 0 fully saturated rings. The zero-order chi connectivity index (χ0) is 13.4. The summed E-state index contributed by atoms with van der Waals surface area (Å²) in [6.07, 6.45) is 1.15. The van der Waals surface area contributed by atoms with E-state index in [1.807, 2.05) is 12.1 Å². The van der Waals surface area contributed by atoms with E-state index < -0.39 is 0 Å². The molecule has 1 aromatic rings. The summed E-state index contributed by atoms with van der Waals surface area (Å²) in [6, 6.07) is 7.36. The Labute approximate surface area is 108 Å². The zero-order valence-corrected chi connectivity index (χ0v) is 11.1. The van der Waals surface area contributed by atoms with Gasteiger partial charge in [-0.1, -0.05) is 20.3 Å². The van der Waals surface area contributed by atoms with Crippen molar-refractivity contribution in [2.75, 3.05) is 25.0 Å². The number of rotatable bonds is 7. The largest absolute Gasteiger partial charge is 0.395 e. The van der Waals surface area contributed by atoms with Gasteiger partial charge >= 0.3 is 0 Å². The number of hydrogen-bond acceptors (Lipinski definition) is 3. The highest BCUT2D eigenvalue weighted by Gasteiger charge is 2.04. The van der Waals surface area contributed by atoms with Crippen LogP contribution in [0.5, 0.6) is 0 Å². The number of aliphatic hydroxyl groups is 1. The van der Waals surface area contributed by atoms with Gasteiger partial charge in [-0.2, -0.15) is 0 Å². The van der Waals surface area contributed by atoms with E-state index in [2.05, 4.69) is 24.5 Å². The molecule has 4 nitrogen and oxygen atoms in total. The van der Waals surface area contributed by atoms with Crippen molar-refractivity contribution in [1.29, 1.82) is 0 Å². The van der Waals surface area contributed by atoms with Gasteiger partial charge in [-0.3, -0.25) is 4.79 Å². The first-order valence-corrected chi connectivity index (χ1v) is 6.40. The van der Waals surface area contributed by atoms with Crippen molar-refractivity contribution in [3.05, 3.63) is 29.8 Å². The van der Waals surface area contributed by atoms with Crippen molar-refractivity contribution in [1.82, 2.24) is 5.32 Å². The van der Waals surface area contributed by atoms with Crippen LogP contribution >= 0.6 is 0 Å². The lowest BCUT2D eigenvalue weighted by Gasteiger charge is -2.11. The Bertz CT molecular complexity index is 363. The van der Waals surface area contributed by atoms with E-state index in [0.717, 1.165) is 18.7 Å². The summed E-state index contributed by atoms with van der Waals surface area (Å²) in [5.74, 6) is 0.482. The van der Waals surface area contributed by atoms with E-state index >= 15 is 0 Å². The average molecular weight is 250 g/mol. The normalized spacial score (nSPS) is 11.9. The SMILES string of the molecule is CCC(C)CNc1ccc(C(=O)NCCO)cc1. The van der Waals surface area contributed by atoms with Gasteiger partial charge in [0.05, 0.1) is 6.61 Å². The summed E-state index contributed by atoms with van der Waals surface area (Å²) in [7, 11) is 0. The van der Waals surface area contributed by atoms with Crippen LogP contribution in [0.4, 0.5) is 5.69 Å². The maximum absolute atomic E-state index is 11.6. The molecule has 0 bridgehead atoms. The topological polar surface area (TPSA) is 61.4 Å². The van der Waals surface area contributed by atoms with E-state index in [-0.39, 0.29) is 19.1 Å². The molecule has 1 amide bonds. The van der Waals surface area contributed by atoms with Gasteiger partial charge < -0.3 is 15.7 Å². The molecule has 0 saturated heterocycles. The highest BCUT2D eigenvalue weighted by atomic mass is 16.3. The fourth-order valence-electron chi connectivity index (χ4n) is 1.45. The molecule has 100 valence electrons. The molecular weight excluding hydrogens is 228 g/mol. The molecule has 0 spiro atoms. The molecule has 0 aliphatic heterocycles. The number of anilines is 1. The lowest BCUT2D eigenvalue weighted by atomic mass is 10.1. The summed E-state index contributed by atoms with van der Waals surface area (Å²) < 4.78 is 0. The van der Waals surface area contributed by atoms with Gasteiger partial charge in [0.2, 0.25) is 0 Å². The zero-order valence-electron chi connectivity index (χ0n) is 11.1. The summed E-state index contributed by atoms with van der Waals surface area (Å²) in [6.45, 7) is 5.55. The van der Waals surface area contributed by atoms with Crippen LogP contribution < -0.4 is 10.6 Å². The van der Waals surface area contributed by atoms with Gasteiger partial charge in [0, 0.05) is 24.3 Å². The minimum Gasteiger partial charge on any atom is -0.395 e. The molecule has 3 N–H and O–H groups in total. The smallest absolute Gasteiger partial charge is 0.251 e. The molecule has 0 aliphatic carbocycles. The number of benzene rings is 1. The van der Waals surface area contributed by atoms with E-state index in [1.54, 1.807) is 12.1 Å². The van der Waals surface area contributed by atoms with Crippen molar-refractivity contribution < 1.29 is 9.90 Å². The number of nitrogens with one attached hydrogen (secondary N) is 2. The van der Waals surface area contributed by atoms with Gasteiger partial charge in [0.1, 0.15) is 0 Å². The highest BCUT2D eigenvalue weighted by Crippen LogP contribution is 2.11. The van der Waals surface area contributed by atoms with Crippen LogP contribution in [-0.2, 0) is 0 Å². The van der Waals surface area contributed by atoms with Crippen molar-refractivity contribution in [3.63, 3.8) is 0 Å². The first kappa shape index (κ1) is 14.5. The Hall–Kier alpha value is -1.55. The Kier molecular flexibility index (Phi) is 6.22. The van der Waals surface area contributed by atoms with Crippen LogP contribution in [0, 0.1) is 5.92 Å². The third kappa shape index (κ3) is 4.75. The van der Waals surface area contributed by atoms with Crippen molar-refractivity contribution in [3.8, 4) is 0 Å². The lowest BCUT2D eigenvalue weighted by molar-refractivity contribution is 0.0945. The van der Waals surface area contributed by atoms with Gasteiger partial charge in [-0.25, -0.2) is 0 Å². The maximum atomic E-state index is 11.6. The third-order valence-corrected chi connectivity index (χ3v) is 2.90. The Balaban J connectivity index is 2.49. The molecular formula is C14H22N2O2. The number of aliphatic hydroxyl groups excluding tert-OH is 1. The van der Waals surface area contributed by atoms with Crippen LogP contribution in [0.25, 0.3) is 0 Å². The molecule has 1 unspecified atom stereocenters. The first-order chi connectivity index (χ1) is 8.67. The van der Waals surface area contributed by atoms with Crippen LogP contribution in [0.2, 0.25) is 0 Å². The second-order valence-electron chi connectivity index (χ2n) is 4.45. The van der Waals surface area contributed by atoms with Crippen LogP contribution in [0.1, 0.15) is 30.6 Å². The number of amides is 1. The van der Waals surface area contributed by atoms with Crippen LogP contribution in [-0.4, -0.2) is 30.7 Å². The van der Waals surface area contributed by atoms with Gasteiger partial charge in [-0.05, 0) is 30.2 Å². The molecule has 0 heterocycles. The summed E-state index contributed by atoms with van der Waals surface area (Å²) in [5, 5.41) is 14.6. The van der Waals surface area contributed by atoms with Crippen molar-refractivity contribution >= 4 is 11.6 Å². The molecule has 1 aromatic carbocycles. The average Bonchev–Trinajstić information content (AvgIpc) is 2.42. The summed E-state index contributed by atoms with van der Waals surface area (Å²) in [5.41, 5.74) is 1.63. The van der Waals surface area contributed by atoms with E-state index in [4.69, 9.17) is 5.11 Å². The van der Waals surface area contributed by atoms with Crippen LogP contribution in [0.15, 0.2) is 24.3 Å². The van der Waals surface area contributed by atoms with E-state index in [9.17, 15) is 4.79 Å². The Morgan fingerprint density at radius 1 is 1.33 bits per heavy atom. The second-order valence-corrected chi connectivity index (χ2v) is 4.45. The standard InChI is InChI=1S/C14H22N2O2/c1-3-11(2)10-16-13-6-4-12(5-7-13)14(18)15-8-9-17/h4-7,11,16-17H,3,8-10H2,1-2H3,(H,15,18). The van der Waals surface area contributed by atoms with Crippen LogP contribution in [0.3, 0.4) is 0 Å². The predicted octanol–water partition coefficient (Wildman–Crippen LogP) is 1.87. The molecule has 0 aliphatic rings. The number of carbonyl (C=O) groups excluding carboxylic acids is 1. The molecule has 0 radical (unpaired) electrons.